The number of benzene rings is 2. The molecule has 0 bridgehead atoms. The second kappa shape index (κ2) is 10.7. The van der Waals surface area contributed by atoms with Crippen molar-refractivity contribution in [1.29, 1.82) is 5.26 Å². The summed E-state index contributed by atoms with van der Waals surface area (Å²) in [5.41, 5.74) is 3.95. The summed E-state index contributed by atoms with van der Waals surface area (Å²) in [7, 11) is 0. The van der Waals surface area contributed by atoms with Gasteiger partial charge in [-0.05, 0) is 43.7 Å². The summed E-state index contributed by atoms with van der Waals surface area (Å²) >= 11 is 0. The van der Waals surface area contributed by atoms with Gasteiger partial charge in [-0.25, -0.2) is 0 Å². The molecule has 0 radical (unpaired) electrons. The first-order chi connectivity index (χ1) is 12.7. The van der Waals surface area contributed by atoms with E-state index in [1.807, 2.05) is 41.3 Å². The second-order valence-corrected chi connectivity index (χ2v) is 6.82. The summed E-state index contributed by atoms with van der Waals surface area (Å²) in [5.74, 6) is 0.662. The van der Waals surface area contributed by atoms with Gasteiger partial charge in [0.25, 0.3) is 0 Å². The maximum atomic E-state index is 11.7. The van der Waals surface area contributed by atoms with Gasteiger partial charge in [-0.3, -0.25) is 4.79 Å². The van der Waals surface area contributed by atoms with Gasteiger partial charge in [-0.15, -0.1) is 35.9 Å². The van der Waals surface area contributed by atoms with E-state index in [4.69, 9.17) is 0 Å². The fourth-order valence-corrected chi connectivity index (χ4v) is 3.57. The molecule has 1 heterocycles. The smallest absolute Gasteiger partial charge is 0.245 e. The van der Waals surface area contributed by atoms with Crippen LogP contribution in [0, 0.1) is 65.1 Å². The Morgan fingerprint density at radius 2 is 2.07 bits per heavy atom. The molecule has 2 aromatic rings. The number of nitrogens with zero attached hydrogens (tertiary/aromatic N) is 2. The fraction of sp³-hybridized carbons (Fsp3) is 0.304. The number of amides is 1. The van der Waals surface area contributed by atoms with Gasteiger partial charge in [0, 0.05) is 60.4 Å². The normalized spacial score (nSPS) is 14.1. The molecular formula is C23H23CeN2O-. The summed E-state index contributed by atoms with van der Waals surface area (Å²) in [6.07, 6.45) is 5.52. The quantitative estimate of drug-likeness (QED) is 0.468. The van der Waals surface area contributed by atoms with Gasteiger partial charge in [-0.2, -0.15) is 5.26 Å². The maximum Gasteiger partial charge on any atom is 0.245 e. The summed E-state index contributed by atoms with van der Waals surface area (Å²) in [5, 5.41) is 9.35. The number of rotatable bonds is 5. The Morgan fingerprint density at radius 1 is 1.30 bits per heavy atom. The summed E-state index contributed by atoms with van der Waals surface area (Å²) in [4.78, 5) is 13.5. The van der Waals surface area contributed by atoms with Crippen LogP contribution in [-0.2, 0) is 11.2 Å². The largest absolute Gasteiger partial charge is 0.339 e. The van der Waals surface area contributed by atoms with Crippen LogP contribution in [0.25, 0.3) is 11.1 Å². The number of hydrogen-bond donors (Lipinski definition) is 0. The van der Waals surface area contributed by atoms with Gasteiger partial charge >= 0.3 is 0 Å². The summed E-state index contributed by atoms with van der Waals surface area (Å²) in [6, 6.07) is 19.4. The Kier molecular flexibility index (Phi) is 8.68. The van der Waals surface area contributed by atoms with Crippen LogP contribution in [0.3, 0.4) is 0 Å². The van der Waals surface area contributed by atoms with Gasteiger partial charge in [0.05, 0.1) is 6.07 Å². The number of carbonyl (C=O) groups is 1. The zero-order valence-electron chi connectivity index (χ0n) is 15.4. The zero-order chi connectivity index (χ0) is 18.4. The second-order valence-electron chi connectivity index (χ2n) is 6.82. The Bertz CT molecular complexity index is 818. The predicted octanol–water partition coefficient (Wildman–Crippen LogP) is 4.38. The van der Waals surface area contributed by atoms with Crippen LogP contribution < -0.4 is 0 Å². The van der Waals surface area contributed by atoms with Crippen molar-refractivity contribution in [2.45, 2.75) is 25.7 Å². The molecule has 1 fully saturated rings. The third-order valence-electron chi connectivity index (χ3n) is 5.08. The van der Waals surface area contributed by atoms with Crippen molar-refractivity contribution < 1.29 is 46.5 Å². The standard InChI is InChI=1S/C23H23N2O.Ce/c1-2-23(26)25-12-10-18(11-13-25)8-9-19-14-20(17-24)16-22(15-19)21-6-4-3-5-7-21;/h2-6,14-16,18H,1,8-13H2;/q-1;. The fourth-order valence-electron chi connectivity index (χ4n) is 3.57. The Balaban J connectivity index is 0.00000261. The van der Waals surface area contributed by atoms with Crippen LogP contribution in [0.2, 0.25) is 0 Å². The molecule has 0 aliphatic carbocycles. The SMILES string of the molecule is C=CC(=O)N1CCC(CCc2cc(C#N)cc(-c3[c-]cccc3)c2)CC1.[Ce]. The van der Waals surface area contributed by atoms with Crippen LogP contribution in [0.5, 0.6) is 0 Å². The van der Waals surface area contributed by atoms with E-state index in [0.717, 1.165) is 49.9 Å². The van der Waals surface area contributed by atoms with Crippen LogP contribution in [-0.4, -0.2) is 23.9 Å². The number of carbonyl (C=O) groups excluding carboxylic acids is 1. The van der Waals surface area contributed by atoms with Crippen molar-refractivity contribution in [3.05, 3.63) is 72.3 Å². The average Bonchev–Trinajstić information content (AvgIpc) is 2.72. The molecule has 0 saturated carbocycles. The van der Waals surface area contributed by atoms with E-state index in [2.05, 4.69) is 24.8 Å². The molecule has 1 aliphatic rings. The number of nitriles is 1. The van der Waals surface area contributed by atoms with Gasteiger partial charge in [0.15, 0.2) is 0 Å². The Labute approximate surface area is 195 Å². The molecular weight excluding hydrogens is 460 g/mol. The molecule has 3 rings (SSSR count). The first kappa shape index (κ1) is 21.8. The van der Waals surface area contributed by atoms with Gasteiger partial charge in [0.2, 0.25) is 5.91 Å². The molecule has 2 aromatic carbocycles. The minimum atomic E-state index is 0. The van der Waals surface area contributed by atoms with E-state index in [1.54, 1.807) is 0 Å². The average molecular weight is 484 g/mol. The van der Waals surface area contributed by atoms with Crippen molar-refractivity contribution in [1.82, 2.24) is 4.90 Å². The Morgan fingerprint density at radius 3 is 2.70 bits per heavy atom. The number of hydrogen-bond acceptors (Lipinski definition) is 2. The molecule has 1 amide bonds. The first-order valence-corrected chi connectivity index (χ1v) is 9.12. The third-order valence-corrected chi connectivity index (χ3v) is 5.08. The molecule has 0 spiro atoms. The van der Waals surface area contributed by atoms with E-state index >= 15 is 0 Å². The van der Waals surface area contributed by atoms with Crippen LogP contribution in [0.4, 0.5) is 0 Å². The molecule has 0 N–H and O–H groups in total. The molecule has 27 heavy (non-hydrogen) atoms. The molecule has 0 atom stereocenters. The minimum Gasteiger partial charge on any atom is -0.339 e. The number of aryl methyl sites for hydroxylation is 1. The van der Waals surface area contributed by atoms with Crippen molar-refractivity contribution >= 4 is 5.91 Å². The molecule has 0 unspecified atom stereocenters. The van der Waals surface area contributed by atoms with Gasteiger partial charge in [-0.1, -0.05) is 29.8 Å². The van der Waals surface area contributed by atoms with E-state index in [9.17, 15) is 10.1 Å². The third kappa shape index (κ3) is 6.00. The molecule has 136 valence electrons. The first-order valence-electron chi connectivity index (χ1n) is 9.12. The van der Waals surface area contributed by atoms with Crippen LogP contribution >= 0.6 is 0 Å². The van der Waals surface area contributed by atoms with Crippen molar-refractivity contribution in [2.75, 3.05) is 13.1 Å². The monoisotopic (exact) mass is 483 g/mol. The van der Waals surface area contributed by atoms with E-state index < -0.39 is 0 Å². The van der Waals surface area contributed by atoms with Crippen molar-refractivity contribution in [3.8, 4) is 17.2 Å². The summed E-state index contributed by atoms with van der Waals surface area (Å²) < 4.78 is 0. The van der Waals surface area contributed by atoms with Gasteiger partial charge < -0.3 is 4.90 Å². The van der Waals surface area contributed by atoms with Crippen LogP contribution in [0.15, 0.2) is 55.1 Å². The molecule has 4 heteroatoms. The minimum absolute atomic E-state index is 0. The molecule has 3 nitrogen and oxygen atoms in total. The van der Waals surface area contributed by atoms with Gasteiger partial charge in [0.1, 0.15) is 0 Å². The van der Waals surface area contributed by atoms with E-state index in [-0.39, 0.29) is 47.7 Å². The number of likely N-dealkylation sites (tertiary alicyclic amines) is 1. The molecule has 1 saturated heterocycles. The number of piperidine rings is 1. The summed E-state index contributed by atoms with van der Waals surface area (Å²) in [6.45, 7) is 5.20. The van der Waals surface area contributed by atoms with Crippen molar-refractivity contribution in [2.24, 2.45) is 5.92 Å². The predicted molar refractivity (Wildman–Crippen MR) is 103 cm³/mol. The molecule has 1 aliphatic heterocycles. The Hall–Kier alpha value is -1.48. The topological polar surface area (TPSA) is 44.1 Å². The van der Waals surface area contributed by atoms with E-state index in [1.165, 1.54) is 11.6 Å². The molecule has 0 aromatic heterocycles. The zero-order valence-corrected chi connectivity index (χ0v) is 18.6. The van der Waals surface area contributed by atoms with E-state index in [0.29, 0.717) is 11.5 Å². The van der Waals surface area contributed by atoms with Crippen molar-refractivity contribution in [3.63, 3.8) is 0 Å². The van der Waals surface area contributed by atoms with Crippen LogP contribution in [0.1, 0.15) is 30.4 Å². The maximum absolute atomic E-state index is 11.7.